The molecule has 1 N–H and O–H groups in total. The number of ether oxygens (including phenoxy) is 1. The summed E-state index contributed by atoms with van der Waals surface area (Å²) >= 11 is 18.7. The van der Waals surface area contributed by atoms with Crippen molar-refractivity contribution in [2.45, 2.75) is 29.8 Å². The van der Waals surface area contributed by atoms with Crippen LogP contribution >= 0.6 is 34.8 Å². The van der Waals surface area contributed by atoms with E-state index >= 15 is 0 Å². The molecule has 0 spiro atoms. The van der Waals surface area contributed by atoms with Gasteiger partial charge in [-0.2, -0.15) is 0 Å². The molecular formula is C24H23Cl3N2O3S. The zero-order valence-corrected chi connectivity index (χ0v) is 20.9. The Labute approximate surface area is 209 Å². The quantitative estimate of drug-likeness (QED) is 0.408. The second kappa shape index (κ2) is 10.1. The van der Waals surface area contributed by atoms with E-state index in [-0.39, 0.29) is 17.0 Å². The van der Waals surface area contributed by atoms with Crippen molar-refractivity contribution in [1.82, 2.24) is 4.72 Å². The lowest BCUT2D eigenvalue weighted by Crippen LogP contribution is -2.46. The molecule has 33 heavy (non-hydrogen) atoms. The first-order valence-electron chi connectivity index (χ1n) is 10.4. The number of piperidine rings is 1. The molecule has 3 aromatic rings. The van der Waals surface area contributed by atoms with Gasteiger partial charge in [-0.1, -0.05) is 53.0 Å². The second-order valence-corrected chi connectivity index (χ2v) is 10.9. The predicted molar refractivity (Wildman–Crippen MR) is 134 cm³/mol. The Morgan fingerprint density at radius 3 is 2.39 bits per heavy atom. The van der Waals surface area contributed by atoms with Gasteiger partial charge in [0, 0.05) is 28.7 Å². The van der Waals surface area contributed by atoms with Gasteiger partial charge < -0.3 is 9.64 Å². The summed E-state index contributed by atoms with van der Waals surface area (Å²) in [6.45, 7) is 0.611. The van der Waals surface area contributed by atoms with Gasteiger partial charge in [-0.3, -0.25) is 0 Å². The molecule has 9 heteroatoms. The highest BCUT2D eigenvalue weighted by atomic mass is 35.5. The van der Waals surface area contributed by atoms with Gasteiger partial charge in [0.2, 0.25) is 10.0 Å². The van der Waals surface area contributed by atoms with E-state index in [0.717, 1.165) is 11.3 Å². The molecule has 0 bridgehead atoms. The number of nitrogens with zero attached hydrogens (tertiary/aromatic N) is 1. The van der Waals surface area contributed by atoms with Gasteiger partial charge in [-0.15, -0.1) is 0 Å². The zero-order valence-electron chi connectivity index (χ0n) is 17.8. The fourth-order valence-electron chi connectivity index (χ4n) is 4.13. The number of benzene rings is 3. The van der Waals surface area contributed by atoms with E-state index in [9.17, 15) is 8.42 Å². The SMILES string of the molecule is COc1cccc(S(=O)(=O)NC2CCN(c3ccc(Cl)cc3Cl)C(c3ccc(Cl)cc3)C2)c1. The zero-order chi connectivity index (χ0) is 23.6. The maximum Gasteiger partial charge on any atom is 0.240 e. The number of hydrogen-bond donors (Lipinski definition) is 1. The van der Waals surface area contributed by atoms with Gasteiger partial charge >= 0.3 is 0 Å². The van der Waals surface area contributed by atoms with Gasteiger partial charge in [0.25, 0.3) is 0 Å². The van der Waals surface area contributed by atoms with E-state index in [4.69, 9.17) is 39.5 Å². The first-order chi connectivity index (χ1) is 15.8. The van der Waals surface area contributed by atoms with E-state index < -0.39 is 10.0 Å². The Morgan fingerprint density at radius 2 is 1.70 bits per heavy atom. The van der Waals surface area contributed by atoms with Crippen molar-refractivity contribution >= 4 is 50.5 Å². The monoisotopic (exact) mass is 524 g/mol. The van der Waals surface area contributed by atoms with Crippen LogP contribution in [0.1, 0.15) is 24.4 Å². The van der Waals surface area contributed by atoms with Gasteiger partial charge in [-0.25, -0.2) is 13.1 Å². The highest BCUT2D eigenvalue weighted by Crippen LogP contribution is 2.40. The van der Waals surface area contributed by atoms with Crippen molar-refractivity contribution in [3.8, 4) is 5.75 Å². The molecule has 2 atom stereocenters. The summed E-state index contributed by atoms with van der Waals surface area (Å²) in [6.07, 6.45) is 1.18. The van der Waals surface area contributed by atoms with E-state index in [1.165, 1.54) is 13.2 Å². The molecule has 0 aromatic heterocycles. The number of hydrogen-bond acceptors (Lipinski definition) is 4. The minimum absolute atomic E-state index is 0.104. The van der Waals surface area contributed by atoms with Crippen LogP contribution in [0.25, 0.3) is 0 Å². The maximum atomic E-state index is 13.1. The standard InChI is InChI=1S/C24H23Cl3N2O3S/c1-32-20-3-2-4-21(15-20)33(30,31)28-19-11-12-29(23-10-9-18(26)13-22(23)27)24(14-19)16-5-7-17(25)8-6-16/h2-10,13,15,19,24,28H,11-12,14H2,1H3. The number of rotatable bonds is 6. The topological polar surface area (TPSA) is 58.6 Å². The third-order valence-corrected chi connectivity index (χ3v) is 8.06. The molecule has 0 radical (unpaired) electrons. The van der Waals surface area contributed by atoms with Gasteiger partial charge in [0.15, 0.2) is 0 Å². The average molecular weight is 526 g/mol. The summed E-state index contributed by atoms with van der Waals surface area (Å²) < 4.78 is 34.2. The molecule has 0 saturated carbocycles. The van der Waals surface area contributed by atoms with Crippen molar-refractivity contribution in [3.05, 3.63) is 87.4 Å². The van der Waals surface area contributed by atoms with Crippen molar-refractivity contribution < 1.29 is 13.2 Å². The largest absolute Gasteiger partial charge is 0.497 e. The lowest BCUT2D eigenvalue weighted by atomic mass is 9.91. The van der Waals surface area contributed by atoms with E-state index in [2.05, 4.69) is 9.62 Å². The molecule has 1 fully saturated rings. The lowest BCUT2D eigenvalue weighted by Gasteiger charge is -2.42. The van der Waals surface area contributed by atoms with Gasteiger partial charge in [-0.05, 0) is 60.9 Å². The molecule has 4 rings (SSSR count). The van der Waals surface area contributed by atoms with E-state index in [1.807, 2.05) is 30.3 Å². The van der Waals surface area contributed by atoms with Crippen molar-refractivity contribution in [1.29, 1.82) is 0 Å². The molecule has 174 valence electrons. The Balaban J connectivity index is 1.62. The van der Waals surface area contributed by atoms with Crippen LogP contribution in [0.2, 0.25) is 15.1 Å². The highest BCUT2D eigenvalue weighted by Gasteiger charge is 2.33. The van der Waals surface area contributed by atoms with E-state index in [1.54, 1.807) is 30.3 Å². The molecule has 1 aliphatic rings. The molecule has 3 aromatic carbocycles. The Kier molecular flexibility index (Phi) is 7.41. The van der Waals surface area contributed by atoms with Crippen LogP contribution in [0.4, 0.5) is 5.69 Å². The third kappa shape index (κ3) is 5.58. The predicted octanol–water partition coefficient (Wildman–Crippen LogP) is 6.34. The Bertz CT molecular complexity index is 1240. The van der Waals surface area contributed by atoms with Gasteiger partial charge in [0.05, 0.1) is 28.8 Å². The minimum Gasteiger partial charge on any atom is -0.497 e. The van der Waals surface area contributed by atoms with Crippen molar-refractivity contribution in [2.24, 2.45) is 0 Å². The van der Waals surface area contributed by atoms with Crippen LogP contribution in [0.15, 0.2) is 71.6 Å². The van der Waals surface area contributed by atoms with Crippen LogP contribution < -0.4 is 14.4 Å². The molecule has 1 saturated heterocycles. The number of nitrogens with one attached hydrogen (secondary N) is 1. The van der Waals surface area contributed by atoms with Gasteiger partial charge in [0.1, 0.15) is 5.75 Å². The summed E-state index contributed by atoms with van der Waals surface area (Å²) in [5.74, 6) is 0.490. The van der Waals surface area contributed by atoms with Crippen molar-refractivity contribution in [2.75, 3.05) is 18.6 Å². The summed E-state index contributed by atoms with van der Waals surface area (Å²) in [5.41, 5.74) is 1.88. The first kappa shape index (κ1) is 24.2. The van der Waals surface area contributed by atoms with Crippen LogP contribution in [-0.4, -0.2) is 28.1 Å². The molecular weight excluding hydrogens is 503 g/mol. The smallest absolute Gasteiger partial charge is 0.240 e. The molecule has 1 aliphatic heterocycles. The normalized spacial score (nSPS) is 18.8. The van der Waals surface area contributed by atoms with Crippen LogP contribution in [0.5, 0.6) is 5.75 Å². The second-order valence-electron chi connectivity index (χ2n) is 7.88. The molecule has 0 aliphatic carbocycles. The number of halogens is 3. The Morgan fingerprint density at radius 1 is 0.970 bits per heavy atom. The molecule has 0 amide bonds. The van der Waals surface area contributed by atoms with Crippen LogP contribution in [0.3, 0.4) is 0 Å². The average Bonchev–Trinajstić information content (AvgIpc) is 2.80. The summed E-state index contributed by atoms with van der Waals surface area (Å²) in [4.78, 5) is 2.37. The molecule has 1 heterocycles. The minimum atomic E-state index is -3.71. The van der Waals surface area contributed by atoms with Crippen LogP contribution in [-0.2, 0) is 10.0 Å². The molecule has 5 nitrogen and oxygen atoms in total. The summed E-state index contributed by atoms with van der Waals surface area (Å²) in [5, 5.41) is 1.76. The summed E-state index contributed by atoms with van der Waals surface area (Å²) in [7, 11) is -2.21. The van der Waals surface area contributed by atoms with Crippen molar-refractivity contribution in [3.63, 3.8) is 0 Å². The highest BCUT2D eigenvalue weighted by molar-refractivity contribution is 7.89. The number of methoxy groups -OCH3 is 1. The molecule has 2 unspecified atom stereocenters. The fraction of sp³-hybridized carbons (Fsp3) is 0.250. The maximum absolute atomic E-state index is 13.1. The Hall–Kier alpha value is -1.96. The lowest BCUT2D eigenvalue weighted by molar-refractivity contribution is 0.394. The third-order valence-electron chi connectivity index (χ3n) is 5.75. The first-order valence-corrected chi connectivity index (χ1v) is 13.0. The number of sulfonamides is 1. The number of anilines is 1. The van der Waals surface area contributed by atoms with Crippen LogP contribution in [0, 0.1) is 0 Å². The summed E-state index contributed by atoms with van der Waals surface area (Å²) in [6, 6.07) is 19.1. The van der Waals surface area contributed by atoms with E-state index in [0.29, 0.717) is 40.2 Å². The fourth-order valence-corrected chi connectivity index (χ4v) is 6.09.